The van der Waals surface area contributed by atoms with Gasteiger partial charge in [-0.2, -0.15) is 0 Å². The van der Waals surface area contributed by atoms with E-state index in [4.69, 9.17) is 23.8 Å². The Labute approximate surface area is 187 Å². The van der Waals surface area contributed by atoms with E-state index >= 15 is 0 Å². The zero-order chi connectivity index (χ0) is 21.3. The summed E-state index contributed by atoms with van der Waals surface area (Å²) in [5.74, 6) is 0. The molecular formula is C23H25ClN4OS. The van der Waals surface area contributed by atoms with Gasteiger partial charge < -0.3 is 19.9 Å². The molecule has 0 unspecified atom stereocenters. The monoisotopic (exact) mass is 440 g/mol. The number of pyridine rings is 1. The Kier molecular flexibility index (Phi) is 6.09. The molecule has 156 valence electrons. The lowest BCUT2D eigenvalue weighted by Crippen LogP contribution is -2.31. The van der Waals surface area contributed by atoms with Gasteiger partial charge in [0.15, 0.2) is 5.11 Å². The molecule has 0 radical (unpaired) electrons. The summed E-state index contributed by atoms with van der Waals surface area (Å²) in [6, 6.07) is 16.0. The van der Waals surface area contributed by atoms with E-state index in [1.807, 2.05) is 42.6 Å². The van der Waals surface area contributed by atoms with Crippen LogP contribution in [0, 0.1) is 13.8 Å². The van der Waals surface area contributed by atoms with Crippen LogP contribution in [0.5, 0.6) is 0 Å². The summed E-state index contributed by atoms with van der Waals surface area (Å²) in [6.45, 7) is 5.04. The molecule has 2 aromatic heterocycles. The van der Waals surface area contributed by atoms with Crippen molar-refractivity contribution in [1.29, 1.82) is 0 Å². The molecule has 30 heavy (non-hydrogen) atoms. The smallest absolute Gasteiger partial charge is 0.170 e. The maximum atomic E-state index is 9.41. The molecule has 1 aliphatic heterocycles. The first kappa shape index (κ1) is 20.8. The zero-order valence-corrected chi connectivity index (χ0v) is 18.6. The fourth-order valence-electron chi connectivity index (χ4n) is 4.33. The third kappa shape index (κ3) is 3.83. The van der Waals surface area contributed by atoms with Crippen molar-refractivity contribution in [1.82, 2.24) is 19.8 Å². The number of benzene rings is 1. The molecule has 1 fully saturated rings. The van der Waals surface area contributed by atoms with Crippen molar-refractivity contribution in [3.8, 4) is 5.69 Å². The first-order valence-electron chi connectivity index (χ1n) is 10.0. The minimum atomic E-state index is -0.0642. The average molecular weight is 441 g/mol. The van der Waals surface area contributed by atoms with E-state index in [0.717, 1.165) is 22.8 Å². The van der Waals surface area contributed by atoms with E-state index in [-0.39, 0.29) is 18.7 Å². The molecule has 3 aromatic rings. The molecule has 0 saturated carbocycles. The summed E-state index contributed by atoms with van der Waals surface area (Å²) < 4.78 is 2.22. The number of aromatic nitrogens is 2. The summed E-state index contributed by atoms with van der Waals surface area (Å²) in [6.07, 6.45) is 2.46. The molecule has 0 spiro atoms. The fourth-order valence-corrected chi connectivity index (χ4v) is 4.84. The van der Waals surface area contributed by atoms with Crippen LogP contribution >= 0.6 is 23.8 Å². The average Bonchev–Trinajstić information content (AvgIpc) is 3.22. The Morgan fingerprint density at radius 3 is 2.70 bits per heavy atom. The summed E-state index contributed by atoms with van der Waals surface area (Å²) in [5.41, 5.74) is 5.44. The number of aliphatic hydroxyl groups excluding tert-OH is 1. The summed E-state index contributed by atoms with van der Waals surface area (Å²) in [7, 11) is 0. The molecule has 1 saturated heterocycles. The maximum absolute atomic E-state index is 9.41. The highest BCUT2D eigenvalue weighted by Gasteiger charge is 2.41. The lowest BCUT2D eigenvalue weighted by atomic mass is 9.96. The summed E-state index contributed by atoms with van der Waals surface area (Å²) >= 11 is 11.9. The minimum Gasteiger partial charge on any atom is -0.396 e. The number of nitrogens with zero attached hydrogens (tertiary/aromatic N) is 3. The van der Waals surface area contributed by atoms with Crippen LogP contribution in [0.2, 0.25) is 5.02 Å². The van der Waals surface area contributed by atoms with Gasteiger partial charge in [-0.25, -0.2) is 0 Å². The van der Waals surface area contributed by atoms with Gasteiger partial charge in [0.05, 0.1) is 17.8 Å². The molecule has 1 aliphatic rings. The molecule has 0 amide bonds. The standard InChI is InChI=1S/C23H25ClN4OS/c1-15-13-19(16(2)28(15)18-8-5-7-17(24)14-18)22-21(20-9-3-4-10-25-20)26-23(30)27(22)11-6-12-29/h3-5,7-10,13-14,21-22,29H,6,11-12H2,1-2H3,(H,26,30)/t21-,22+/m1/s1. The zero-order valence-electron chi connectivity index (χ0n) is 17.0. The van der Waals surface area contributed by atoms with Crippen molar-refractivity contribution in [2.24, 2.45) is 0 Å². The molecule has 0 aliphatic carbocycles. The van der Waals surface area contributed by atoms with Crippen molar-refractivity contribution >= 4 is 28.9 Å². The molecule has 3 heterocycles. The topological polar surface area (TPSA) is 53.3 Å². The van der Waals surface area contributed by atoms with Crippen LogP contribution in [0.4, 0.5) is 0 Å². The quantitative estimate of drug-likeness (QED) is 0.553. The van der Waals surface area contributed by atoms with E-state index in [0.29, 0.717) is 23.1 Å². The Morgan fingerprint density at radius 2 is 2.00 bits per heavy atom. The largest absolute Gasteiger partial charge is 0.396 e. The Morgan fingerprint density at radius 1 is 1.17 bits per heavy atom. The van der Waals surface area contributed by atoms with E-state index in [2.05, 4.69) is 45.7 Å². The SMILES string of the molecule is Cc1cc([C@H]2[C@@H](c3ccccn3)NC(=S)N2CCCO)c(C)n1-c1cccc(Cl)c1. The second kappa shape index (κ2) is 8.76. The van der Waals surface area contributed by atoms with E-state index in [1.165, 1.54) is 5.56 Å². The van der Waals surface area contributed by atoms with Crippen LogP contribution in [-0.4, -0.2) is 37.8 Å². The highest BCUT2D eigenvalue weighted by molar-refractivity contribution is 7.80. The Bertz CT molecular complexity index is 1050. The lowest BCUT2D eigenvalue weighted by Gasteiger charge is -2.28. The van der Waals surface area contributed by atoms with Crippen LogP contribution in [0.15, 0.2) is 54.7 Å². The van der Waals surface area contributed by atoms with Gasteiger partial charge in [0, 0.05) is 41.4 Å². The second-order valence-corrected chi connectivity index (χ2v) is 8.36. The van der Waals surface area contributed by atoms with Crippen molar-refractivity contribution < 1.29 is 5.11 Å². The van der Waals surface area contributed by atoms with E-state index < -0.39 is 0 Å². The van der Waals surface area contributed by atoms with Gasteiger partial charge >= 0.3 is 0 Å². The number of hydrogen-bond acceptors (Lipinski definition) is 3. The summed E-state index contributed by atoms with van der Waals surface area (Å²) in [4.78, 5) is 6.77. The molecule has 1 aromatic carbocycles. The summed E-state index contributed by atoms with van der Waals surface area (Å²) in [5, 5.41) is 14.3. The minimum absolute atomic E-state index is 0.0157. The number of hydrogen-bond donors (Lipinski definition) is 2. The fraction of sp³-hybridized carbons (Fsp3) is 0.304. The van der Waals surface area contributed by atoms with Gasteiger partial charge in [0.25, 0.3) is 0 Å². The number of halogens is 1. The molecule has 5 nitrogen and oxygen atoms in total. The van der Waals surface area contributed by atoms with Crippen molar-refractivity contribution in [3.05, 3.63) is 82.4 Å². The molecule has 2 atom stereocenters. The van der Waals surface area contributed by atoms with Gasteiger partial charge in [-0.3, -0.25) is 4.98 Å². The third-order valence-electron chi connectivity index (χ3n) is 5.61. The molecule has 7 heteroatoms. The molecule has 0 bridgehead atoms. The first-order chi connectivity index (χ1) is 14.5. The Hall–Kier alpha value is -2.41. The van der Waals surface area contributed by atoms with Crippen LogP contribution < -0.4 is 5.32 Å². The number of thiocarbonyl (C=S) groups is 1. The number of nitrogens with one attached hydrogen (secondary N) is 1. The van der Waals surface area contributed by atoms with Crippen LogP contribution in [0.3, 0.4) is 0 Å². The number of rotatable bonds is 6. The van der Waals surface area contributed by atoms with Gasteiger partial charge in [0.2, 0.25) is 0 Å². The van der Waals surface area contributed by atoms with Gasteiger partial charge in [0.1, 0.15) is 0 Å². The lowest BCUT2D eigenvalue weighted by molar-refractivity contribution is 0.247. The van der Waals surface area contributed by atoms with Crippen LogP contribution in [0.25, 0.3) is 5.69 Å². The molecule has 2 N–H and O–H groups in total. The second-order valence-electron chi connectivity index (χ2n) is 7.54. The van der Waals surface area contributed by atoms with Gasteiger partial charge in [-0.05, 0) is 74.4 Å². The maximum Gasteiger partial charge on any atom is 0.170 e. The molecule has 4 rings (SSSR count). The van der Waals surface area contributed by atoms with Gasteiger partial charge in [-0.15, -0.1) is 0 Å². The van der Waals surface area contributed by atoms with Crippen LogP contribution in [-0.2, 0) is 0 Å². The number of aryl methyl sites for hydroxylation is 1. The van der Waals surface area contributed by atoms with Crippen molar-refractivity contribution in [3.63, 3.8) is 0 Å². The number of aliphatic hydroxyl groups is 1. The highest BCUT2D eigenvalue weighted by atomic mass is 35.5. The predicted octanol–water partition coefficient (Wildman–Crippen LogP) is 4.50. The first-order valence-corrected chi connectivity index (χ1v) is 10.8. The normalized spacial score (nSPS) is 18.7. The predicted molar refractivity (Wildman–Crippen MR) is 124 cm³/mol. The van der Waals surface area contributed by atoms with Crippen LogP contribution in [0.1, 0.15) is 41.1 Å². The highest BCUT2D eigenvalue weighted by Crippen LogP contribution is 2.41. The van der Waals surface area contributed by atoms with Gasteiger partial charge in [-0.1, -0.05) is 23.7 Å². The molecular weight excluding hydrogens is 416 g/mol. The van der Waals surface area contributed by atoms with Crippen molar-refractivity contribution in [2.45, 2.75) is 32.4 Å². The third-order valence-corrected chi connectivity index (χ3v) is 6.20. The van der Waals surface area contributed by atoms with Crippen molar-refractivity contribution in [2.75, 3.05) is 13.2 Å². The van der Waals surface area contributed by atoms with E-state index in [1.54, 1.807) is 0 Å². The Balaban J connectivity index is 1.82. The van der Waals surface area contributed by atoms with E-state index in [9.17, 15) is 5.11 Å².